The van der Waals surface area contributed by atoms with Gasteiger partial charge in [-0.15, -0.1) is 0 Å². The zero-order chi connectivity index (χ0) is 10.6. The van der Waals surface area contributed by atoms with E-state index in [4.69, 9.17) is 5.11 Å². The molecule has 0 radical (unpaired) electrons. The van der Waals surface area contributed by atoms with Crippen molar-refractivity contribution in [3.63, 3.8) is 0 Å². The molecule has 1 aliphatic rings. The van der Waals surface area contributed by atoms with Crippen molar-refractivity contribution in [3.8, 4) is 0 Å². The van der Waals surface area contributed by atoms with E-state index in [1.807, 2.05) is 6.92 Å². The highest BCUT2D eigenvalue weighted by atomic mass is 32.2. The summed E-state index contributed by atoms with van der Waals surface area (Å²) in [7, 11) is -0.697. The second-order valence-electron chi connectivity index (χ2n) is 3.68. The van der Waals surface area contributed by atoms with Gasteiger partial charge in [0.2, 0.25) is 0 Å². The Kier molecular flexibility index (Phi) is 4.54. The van der Waals surface area contributed by atoms with Crippen molar-refractivity contribution in [1.29, 1.82) is 0 Å². The fraction of sp³-hybridized carbons (Fsp3) is 0.889. The van der Waals surface area contributed by atoms with Crippen LogP contribution in [0, 0.1) is 0 Å². The molecular formula is C9H17NO3S. The maximum absolute atomic E-state index is 11.2. The standard InChI is InChI=1S/C9H17NO3S/c1-8(7-9(11)12)10-3-2-5-14(13)6-4-10/h8H,2-7H2,1H3,(H,11,12). The minimum Gasteiger partial charge on any atom is -0.481 e. The molecule has 0 spiro atoms. The quantitative estimate of drug-likeness (QED) is 0.742. The predicted octanol–water partition coefficient (Wildman–Crippen LogP) is 0.304. The summed E-state index contributed by atoms with van der Waals surface area (Å²) in [5.74, 6) is 0.683. The summed E-state index contributed by atoms with van der Waals surface area (Å²) >= 11 is 0. The van der Waals surface area contributed by atoms with Crippen LogP contribution in [0.2, 0.25) is 0 Å². The van der Waals surface area contributed by atoms with Gasteiger partial charge < -0.3 is 5.11 Å². The lowest BCUT2D eigenvalue weighted by molar-refractivity contribution is -0.138. The Hall–Kier alpha value is -0.420. The fourth-order valence-electron chi connectivity index (χ4n) is 1.68. The molecule has 0 bridgehead atoms. The molecule has 1 saturated heterocycles. The summed E-state index contributed by atoms with van der Waals surface area (Å²) in [5.41, 5.74) is 0. The Morgan fingerprint density at radius 1 is 1.50 bits per heavy atom. The van der Waals surface area contributed by atoms with Crippen molar-refractivity contribution in [2.24, 2.45) is 0 Å². The van der Waals surface area contributed by atoms with E-state index in [0.717, 1.165) is 25.3 Å². The van der Waals surface area contributed by atoms with E-state index in [0.29, 0.717) is 5.75 Å². The van der Waals surface area contributed by atoms with Crippen LogP contribution >= 0.6 is 0 Å². The first-order valence-electron chi connectivity index (χ1n) is 4.90. The van der Waals surface area contributed by atoms with Crippen LogP contribution in [0.5, 0.6) is 0 Å². The third-order valence-corrected chi connectivity index (χ3v) is 3.90. The molecule has 2 atom stereocenters. The van der Waals surface area contributed by atoms with Crippen LogP contribution in [0.25, 0.3) is 0 Å². The topological polar surface area (TPSA) is 57.6 Å². The number of nitrogens with zero attached hydrogens (tertiary/aromatic N) is 1. The molecule has 0 saturated carbocycles. The van der Waals surface area contributed by atoms with Crippen molar-refractivity contribution >= 4 is 16.8 Å². The summed E-state index contributed by atoms with van der Waals surface area (Å²) in [6.45, 7) is 3.56. The van der Waals surface area contributed by atoms with Gasteiger partial charge in [-0.2, -0.15) is 0 Å². The van der Waals surface area contributed by atoms with Gasteiger partial charge in [0, 0.05) is 34.9 Å². The summed E-state index contributed by atoms with van der Waals surface area (Å²) < 4.78 is 11.2. The lowest BCUT2D eigenvalue weighted by Gasteiger charge is -2.25. The van der Waals surface area contributed by atoms with E-state index < -0.39 is 16.8 Å². The predicted molar refractivity (Wildman–Crippen MR) is 55.8 cm³/mol. The largest absolute Gasteiger partial charge is 0.481 e. The summed E-state index contributed by atoms with van der Waals surface area (Å²) in [5, 5.41) is 8.65. The number of hydrogen-bond acceptors (Lipinski definition) is 3. The van der Waals surface area contributed by atoms with Crippen LogP contribution in [0.15, 0.2) is 0 Å². The molecule has 1 heterocycles. The van der Waals surface area contributed by atoms with Crippen LogP contribution in [0.4, 0.5) is 0 Å². The van der Waals surface area contributed by atoms with E-state index >= 15 is 0 Å². The highest BCUT2D eigenvalue weighted by Crippen LogP contribution is 2.08. The lowest BCUT2D eigenvalue weighted by Crippen LogP contribution is -2.36. The van der Waals surface area contributed by atoms with E-state index in [2.05, 4.69) is 4.90 Å². The highest BCUT2D eigenvalue weighted by Gasteiger charge is 2.19. The molecular weight excluding hydrogens is 202 g/mol. The van der Waals surface area contributed by atoms with Gasteiger partial charge in [-0.05, 0) is 19.9 Å². The van der Waals surface area contributed by atoms with Crippen LogP contribution < -0.4 is 0 Å². The van der Waals surface area contributed by atoms with E-state index in [9.17, 15) is 9.00 Å². The van der Waals surface area contributed by atoms with Gasteiger partial charge in [0.25, 0.3) is 0 Å². The van der Waals surface area contributed by atoms with Crippen molar-refractivity contribution in [2.45, 2.75) is 25.8 Å². The summed E-state index contributed by atoms with van der Waals surface area (Å²) in [4.78, 5) is 12.6. The van der Waals surface area contributed by atoms with Crippen molar-refractivity contribution in [2.75, 3.05) is 24.6 Å². The molecule has 0 aromatic rings. The van der Waals surface area contributed by atoms with E-state index in [-0.39, 0.29) is 12.5 Å². The van der Waals surface area contributed by atoms with Gasteiger partial charge in [-0.25, -0.2) is 0 Å². The summed E-state index contributed by atoms with van der Waals surface area (Å²) in [6.07, 6.45) is 1.09. The molecule has 5 heteroatoms. The molecule has 14 heavy (non-hydrogen) atoms. The first kappa shape index (κ1) is 11.7. The first-order valence-corrected chi connectivity index (χ1v) is 6.39. The number of aliphatic carboxylic acids is 1. The molecule has 0 aliphatic carbocycles. The Labute approximate surface area is 86.7 Å². The van der Waals surface area contributed by atoms with Crippen LogP contribution in [0.3, 0.4) is 0 Å². The normalized spacial score (nSPS) is 26.8. The number of rotatable bonds is 3. The van der Waals surface area contributed by atoms with Crippen LogP contribution in [0.1, 0.15) is 19.8 Å². The van der Waals surface area contributed by atoms with Gasteiger partial charge in [0.05, 0.1) is 6.42 Å². The molecule has 1 N–H and O–H groups in total. The minimum absolute atomic E-state index is 0.0580. The molecule has 0 aromatic carbocycles. The molecule has 0 aromatic heterocycles. The molecule has 0 amide bonds. The molecule has 1 fully saturated rings. The van der Waals surface area contributed by atoms with Gasteiger partial charge in [-0.1, -0.05) is 0 Å². The van der Waals surface area contributed by atoms with Gasteiger partial charge in [0.1, 0.15) is 0 Å². The number of carboxylic acids is 1. The minimum atomic E-state index is -0.761. The van der Waals surface area contributed by atoms with E-state index in [1.165, 1.54) is 0 Å². The summed E-state index contributed by atoms with van der Waals surface area (Å²) in [6, 6.07) is 0.0580. The van der Waals surface area contributed by atoms with Gasteiger partial charge in [-0.3, -0.25) is 13.9 Å². The van der Waals surface area contributed by atoms with Crippen molar-refractivity contribution in [1.82, 2.24) is 4.90 Å². The number of hydrogen-bond donors (Lipinski definition) is 1. The number of carbonyl (C=O) groups is 1. The van der Waals surface area contributed by atoms with Gasteiger partial charge >= 0.3 is 5.97 Å². The SMILES string of the molecule is CC(CC(=O)O)N1CCCS(=O)CC1. The molecule has 1 rings (SSSR count). The zero-order valence-corrected chi connectivity index (χ0v) is 9.26. The Morgan fingerprint density at radius 3 is 2.86 bits per heavy atom. The Morgan fingerprint density at radius 2 is 2.21 bits per heavy atom. The third-order valence-electron chi connectivity index (χ3n) is 2.52. The van der Waals surface area contributed by atoms with Crippen molar-refractivity contribution in [3.05, 3.63) is 0 Å². The number of carboxylic acid groups (broad SMARTS) is 1. The molecule has 4 nitrogen and oxygen atoms in total. The third kappa shape index (κ3) is 3.75. The molecule has 1 aliphatic heterocycles. The first-order chi connectivity index (χ1) is 6.59. The maximum atomic E-state index is 11.2. The monoisotopic (exact) mass is 219 g/mol. The van der Waals surface area contributed by atoms with E-state index in [1.54, 1.807) is 0 Å². The lowest BCUT2D eigenvalue weighted by atomic mass is 10.2. The van der Waals surface area contributed by atoms with Crippen LogP contribution in [-0.2, 0) is 15.6 Å². The molecule has 82 valence electrons. The van der Waals surface area contributed by atoms with Gasteiger partial charge in [0.15, 0.2) is 0 Å². The smallest absolute Gasteiger partial charge is 0.304 e. The zero-order valence-electron chi connectivity index (χ0n) is 8.44. The maximum Gasteiger partial charge on any atom is 0.304 e. The second-order valence-corrected chi connectivity index (χ2v) is 5.38. The average molecular weight is 219 g/mol. The Bertz CT molecular complexity index is 232. The highest BCUT2D eigenvalue weighted by molar-refractivity contribution is 7.85. The average Bonchev–Trinajstić information content (AvgIpc) is 2.28. The Balaban J connectivity index is 2.42. The fourth-order valence-corrected chi connectivity index (χ4v) is 2.78. The van der Waals surface area contributed by atoms with Crippen molar-refractivity contribution < 1.29 is 14.1 Å². The van der Waals surface area contributed by atoms with Crippen LogP contribution in [-0.4, -0.2) is 50.8 Å². The molecule has 2 unspecified atom stereocenters. The second kappa shape index (κ2) is 5.46.